The van der Waals surface area contributed by atoms with E-state index in [2.05, 4.69) is 139 Å². The number of fused-ring (bicyclic) bond motifs is 4. The van der Waals surface area contributed by atoms with Crippen LogP contribution in [0.3, 0.4) is 0 Å². The van der Waals surface area contributed by atoms with Crippen molar-refractivity contribution in [3.05, 3.63) is 180 Å². The molecule has 0 aliphatic carbocycles. The first kappa shape index (κ1) is 27.1. The molecule has 0 radical (unpaired) electrons. The molecule has 47 heavy (non-hydrogen) atoms. The molecule has 8 aromatic rings. The first-order valence-electron chi connectivity index (χ1n) is 15.9. The zero-order chi connectivity index (χ0) is 31.2. The molecule has 7 aromatic carbocycles. The van der Waals surface area contributed by atoms with Gasteiger partial charge >= 0.3 is 0 Å². The number of rotatable bonds is 5. The number of furan rings is 1. The summed E-state index contributed by atoms with van der Waals surface area (Å²) in [4.78, 5) is 10.5. The number of amidine groups is 2. The van der Waals surface area contributed by atoms with Gasteiger partial charge in [-0.3, -0.25) is 0 Å². The van der Waals surface area contributed by atoms with Crippen molar-refractivity contribution >= 4 is 44.4 Å². The third kappa shape index (κ3) is 4.70. The highest BCUT2D eigenvalue weighted by molar-refractivity contribution is 6.25. The highest BCUT2D eigenvalue weighted by Crippen LogP contribution is 2.39. The van der Waals surface area contributed by atoms with Gasteiger partial charge in [-0.25, -0.2) is 9.98 Å². The van der Waals surface area contributed by atoms with Crippen LogP contribution in [0.2, 0.25) is 0 Å². The quantitative estimate of drug-likeness (QED) is 0.213. The number of nitrogens with one attached hydrogen (secondary N) is 1. The second-order valence-corrected chi connectivity index (χ2v) is 11.8. The Labute approximate surface area is 272 Å². The van der Waals surface area contributed by atoms with Crippen LogP contribution >= 0.6 is 0 Å². The number of aliphatic imine (C=N–C) groups is 2. The van der Waals surface area contributed by atoms with E-state index in [1.165, 1.54) is 16.5 Å². The molecule has 4 heteroatoms. The summed E-state index contributed by atoms with van der Waals surface area (Å²) in [6.45, 7) is 0. The second kappa shape index (κ2) is 11.3. The molecular weight excluding hydrogens is 574 g/mol. The predicted molar refractivity (Wildman–Crippen MR) is 194 cm³/mol. The zero-order valence-electron chi connectivity index (χ0n) is 25.5. The minimum atomic E-state index is -0.326. The lowest BCUT2D eigenvalue weighted by atomic mass is 9.94. The van der Waals surface area contributed by atoms with Crippen LogP contribution < -0.4 is 5.32 Å². The van der Waals surface area contributed by atoms with E-state index >= 15 is 0 Å². The summed E-state index contributed by atoms with van der Waals surface area (Å²) in [6, 6.07) is 56.8. The topological polar surface area (TPSA) is 49.9 Å². The lowest BCUT2D eigenvalue weighted by molar-refractivity contribution is 0.668. The van der Waals surface area contributed by atoms with E-state index in [4.69, 9.17) is 14.4 Å². The molecule has 1 aliphatic heterocycles. The summed E-state index contributed by atoms with van der Waals surface area (Å²) in [7, 11) is 0. The maximum Gasteiger partial charge on any atom is 0.160 e. The summed E-state index contributed by atoms with van der Waals surface area (Å²) < 4.78 is 6.47. The third-order valence-electron chi connectivity index (χ3n) is 8.97. The van der Waals surface area contributed by atoms with Crippen LogP contribution in [0.1, 0.15) is 22.9 Å². The Kier molecular flexibility index (Phi) is 6.50. The molecule has 0 amide bonds. The van der Waals surface area contributed by atoms with Gasteiger partial charge in [-0.05, 0) is 56.8 Å². The van der Waals surface area contributed by atoms with Gasteiger partial charge in [0.2, 0.25) is 0 Å². The summed E-state index contributed by atoms with van der Waals surface area (Å²) in [6.07, 6.45) is -0.326. The Hall–Kier alpha value is -6.26. The fourth-order valence-electron chi connectivity index (χ4n) is 6.80. The molecule has 222 valence electrons. The van der Waals surface area contributed by atoms with Crippen LogP contribution in [0.25, 0.3) is 55.0 Å². The van der Waals surface area contributed by atoms with Crippen molar-refractivity contribution < 1.29 is 4.42 Å². The number of hydrogen-bond donors (Lipinski definition) is 1. The molecule has 1 aliphatic rings. The van der Waals surface area contributed by atoms with E-state index in [1.807, 2.05) is 30.3 Å². The van der Waals surface area contributed by atoms with Crippen molar-refractivity contribution in [1.29, 1.82) is 0 Å². The van der Waals surface area contributed by atoms with Gasteiger partial charge in [0, 0.05) is 21.9 Å². The SMILES string of the molecule is c1ccc(-c2ccc(C3=NC(c4ccccc4)NC(c4cccc5oc6cccc(-c7ccccc7)c6c45)=N3)c3ccccc23)cc1. The first-order chi connectivity index (χ1) is 23.3. The number of nitrogens with zero attached hydrogens (tertiary/aromatic N) is 2. The average Bonchev–Trinajstić information content (AvgIpc) is 3.54. The summed E-state index contributed by atoms with van der Waals surface area (Å²) in [5, 5.41) is 8.09. The predicted octanol–water partition coefficient (Wildman–Crippen LogP) is 10.6. The molecule has 1 unspecified atom stereocenters. The molecule has 0 bridgehead atoms. The molecule has 0 spiro atoms. The molecular formula is C43H29N3O. The largest absolute Gasteiger partial charge is 0.456 e. The summed E-state index contributed by atoms with van der Waals surface area (Å²) in [5.41, 5.74) is 9.34. The van der Waals surface area contributed by atoms with E-state index in [1.54, 1.807) is 0 Å². The Bertz CT molecular complexity index is 2480. The van der Waals surface area contributed by atoms with E-state index in [0.717, 1.165) is 61.0 Å². The maximum absolute atomic E-state index is 6.47. The van der Waals surface area contributed by atoms with Gasteiger partial charge in [-0.2, -0.15) is 0 Å². The molecule has 2 heterocycles. The van der Waals surface area contributed by atoms with Crippen LogP contribution in [-0.4, -0.2) is 11.7 Å². The number of hydrogen-bond acceptors (Lipinski definition) is 4. The molecule has 0 saturated heterocycles. The molecule has 1 atom stereocenters. The highest BCUT2D eigenvalue weighted by Gasteiger charge is 2.25. The van der Waals surface area contributed by atoms with Crippen LogP contribution in [0, 0.1) is 0 Å². The summed E-state index contributed by atoms with van der Waals surface area (Å²) in [5.74, 6) is 1.45. The smallest absolute Gasteiger partial charge is 0.160 e. The van der Waals surface area contributed by atoms with Crippen molar-refractivity contribution in [3.63, 3.8) is 0 Å². The Morgan fingerprint density at radius 3 is 1.66 bits per heavy atom. The van der Waals surface area contributed by atoms with Gasteiger partial charge in [0.05, 0.1) is 0 Å². The van der Waals surface area contributed by atoms with E-state index in [-0.39, 0.29) is 6.17 Å². The fraction of sp³-hybridized carbons (Fsp3) is 0.0233. The number of benzene rings is 7. The standard InChI is InChI=1S/C43H29N3O/c1-4-14-28(15-5-1)31-26-27-35(34-21-11-10-20-33(31)34)42-44-41(30-18-8-3-9-19-30)45-43(46-42)36-23-13-25-38-40(36)39-32(22-12-24-37(39)47-38)29-16-6-2-7-17-29/h1-27,41H,(H,44,45,46). The minimum absolute atomic E-state index is 0.326. The average molecular weight is 604 g/mol. The monoisotopic (exact) mass is 603 g/mol. The molecule has 9 rings (SSSR count). The van der Waals surface area contributed by atoms with E-state index in [9.17, 15) is 0 Å². The molecule has 1 aromatic heterocycles. The minimum Gasteiger partial charge on any atom is -0.456 e. The first-order valence-corrected chi connectivity index (χ1v) is 15.9. The lowest BCUT2D eigenvalue weighted by Crippen LogP contribution is -2.33. The van der Waals surface area contributed by atoms with Crippen LogP contribution in [0.15, 0.2) is 178 Å². The Morgan fingerprint density at radius 2 is 0.979 bits per heavy atom. The van der Waals surface area contributed by atoms with Crippen molar-refractivity contribution in [1.82, 2.24) is 5.32 Å². The van der Waals surface area contributed by atoms with Crippen LogP contribution in [0.4, 0.5) is 0 Å². The van der Waals surface area contributed by atoms with Crippen molar-refractivity contribution in [2.45, 2.75) is 6.17 Å². The molecule has 0 saturated carbocycles. The van der Waals surface area contributed by atoms with Gasteiger partial charge in [-0.1, -0.05) is 146 Å². The van der Waals surface area contributed by atoms with Gasteiger partial charge in [-0.15, -0.1) is 0 Å². The molecule has 0 fully saturated rings. The van der Waals surface area contributed by atoms with Crippen molar-refractivity contribution in [2.24, 2.45) is 9.98 Å². The molecule has 1 N–H and O–H groups in total. The van der Waals surface area contributed by atoms with Gasteiger partial charge in [0.15, 0.2) is 5.84 Å². The van der Waals surface area contributed by atoms with Crippen LogP contribution in [0.5, 0.6) is 0 Å². The molecule has 4 nitrogen and oxygen atoms in total. The second-order valence-electron chi connectivity index (χ2n) is 11.8. The fourth-order valence-corrected chi connectivity index (χ4v) is 6.80. The third-order valence-corrected chi connectivity index (χ3v) is 8.97. The van der Waals surface area contributed by atoms with Crippen molar-refractivity contribution in [2.75, 3.05) is 0 Å². The normalized spacial score (nSPS) is 14.6. The zero-order valence-corrected chi connectivity index (χ0v) is 25.5. The lowest BCUT2D eigenvalue weighted by Gasteiger charge is -2.24. The van der Waals surface area contributed by atoms with Crippen LogP contribution in [-0.2, 0) is 0 Å². The van der Waals surface area contributed by atoms with Crippen molar-refractivity contribution in [3.8, 4) is 22.3 Å². The Morgan fingerprint density at radius 1 is 0.447 bits per heavy atom. The van der Waals surface area contributed by atoms with Gasteiger partial charge in [0.1, 0.15) is 23.2 Å². The highest BCUT2D eigenvalue weighted by atomic mass is 16.3. The van der Waals surface area contributed by atoms with Gasteiger partial charge < -0.3 is 9.73 Å². The maximum atomic E-state index is 6.47. The van der Waals surface area contributed by atoms with E-state index in [0.29, 0.717) is 5.84 Å². The Balaban J connectivity index is 1.28. The van der Waals surface area contributed by atoms with E-state index < -0.39 is 0 Å². The van der Waals surface area contributed by atoms with Gasteiger partial charge in [0.25, 0.3) is 0 Å². The summed E-state index contributed by atoms with van der Waals surface area (Å²) >= 11 is 0.